The van der Waals surface area contributed by atoms with Crippen molar-refractivity contribution >= 4 is 5.91 Å². The Morgan fingerprint density at radius 3 is 2.36 bits per heavy atom. The standard InChI is InChI=1S/C9H15F2NO2/c1-8(2)5(4-6(8)13)12-7(14)9(3,10)11/h5-6,13H,4H2,1-3H3,(H,12,14). The van der Waals surface area contributed by atoms with Gasteiger partial charge in [0.25, 0.3) is 5.91 Å². The Morgan fingerprint density at radius 1 is 1.57 bits per heavy atom. The summed E-state index contributed by atoms with van der Waals surface area (Å²) in [7, 11) is 0. The van der Waals surface area contributed by atoms with Crippen LogP contribution in [0.2, 0.25) is 0 Å². The molecule has 0 radical (unpaired) electrons. The van der Waals surface area contributed by atoms with E-state index in [2.05, 4.69) is 5.32 Å². The summed E-state index contributed by atoms with van der Waals surface area (Å²) in [5.41, 5.74) is -0.513. The third-order valence-electron chi connectivity index (χ3n) is 2.92. The van der Waals surface area contributed by atoms with E-state index in [1.807, 2.05) is 0 Å². The molecular weight excluding hydrogens is 192 g/mol. The lowest BCUT2D eigenvalue weighted by Gasteiger charge is -2.49. The van der Waals surface area contributed by atoms with Gasteiger partial charge in [-0.05, 0) is 6.42 Å². The van der Waals surface area contributed by atoms with E-state index in [1.54, 1.807) is 13.8 Å². The predicted octanol–water partition coefficient (Wildman–Crippen LogP) is 0.917. The Labute approximate surface area is 81.5 Å². The second-order valence-corrected chi connectivity index (χ2v) is 4.49. The fraction of sp³-hybridized carbons (Fsp3) is 0.889. The molecule has 1 aliphatic carbocycles. The van der Waals surface area contributed by atoms with Crippen molar-refractivity contribution in [3.63, 3.8) is 0 Å². The number of carbonyl (C=O) groups excluding carboxylic acids is 1. The first-order valence-corrected chi connectivity index (χ1v) is 4.52. The number of halogens is 2. The number of aliphatic hydroxyl groups excluding tert-OH is 1. The van der Waals surface area contributed by atoms with Crippen LogP contribution in [0.25, 0.3) is 0 Å². The first-order chi connectivity index (χ1) is 6.15. The SMILES string of the molecule is CC(F)(F)C(=O)NC1CC(O)C1(C)C. The van der Waals surface area contributed by atoms with Gasteiger partial charge in [0.1, 0.15) is 0 Å². The summed E-state index contributed by atoms with van der Waals surface area (Å²) in [6, 6.07) is -0.365. The molecule has 1 saturated carbocycles. The summed E-state index contributed by atoms with van der Waals surface area (Å²) in [6.45, 7) is 4.03. The molecular formula is C9H15F2NO2. The zero-order chi connectivity index (χ0) is 11.1. The number of carbonyl (C=O) groups is 1. The molecule has 2 unspecified atom stereocenters. The Hall–Kier alpha value is -0.710. The minimum absolute atomic E-state index is 0.342. The zero-order valence-electron chi connectivity index (χ0n) is 8.47. The van der Waals surface area contributed by atoms with Crippen molar-refractivity contribution in [1.29, 1.82) is 0 Å². The van der Waals surface area contributed by atoms with Crippen LogP contribution in [0.3, 0.4) is 0 Å². The Morgan fingerprint density at radius 2 is 2.07 bits per heavy atom. The Bertz CT molecular complexity index is 248. The van der Waals surface area contributed by atoms with Crippen molar-refractivity contribution in [3.05, 3.63) is 0 Å². The molecule has 0 saturated heterocycles. The van der Waals surface area contributed by atoms with Gasteiger partial charge < -0.3 is 10.4 Å². The van der Waals surface area contributed by atoms with Gasteiger partial charge in [0.15, 0.2) is 0 Å². The van der Waals surface area contributed by atoms with Crippen molar-refractivity contribution in [2.75, 3.05) is 0 Å². The van der Waals surface area contributed by atoms with Crippen molar-refractivity contribution < 1.29 is 18.7 Å². The molecule has 0 aromatic heterocycles. The average Bonchev–Trinajstić information content (AvgIpc) is 2.02. The normalized spacial score (nSPS) is 30.7. The first kappa shape index (κ1) is 11.4. The van der Waals surface area contributed by atoms with E-state index in [0.717, 1.165) is 0 Å². The number of alkyl halides is 2. The van der Waals surface area contributed by atoms with Gasteiger partial charge in [0, 0.05) is 18.4 Å². The average molecular weight is 207 g/mol. The summed E-state index contributed by atoms with van der Waals surface area (Å²) in [4.78, 5) is 10.9. The summed E-state index contributed by atoms with van der Waals surface area (Å²) >= 11 is 0. The highest BCUT2D eigenvalue weighted by Crippen LogP contribution is 2.40. The van der Waals surface area contributed by atoms with E-state index in [9.17, 15) is 18.7 Å². The highest BCUT2D eigenvalue weighted by atomic mass is 19.3. The molecule has 5 heteroatoms. The number of hydrogen-bond donors (Lipinski definition) is 2. The molecule has 0 aliphatic heterocycles. The second-order valence-electron chi connectivity index (χ2n) is 4.49. The van der Waals surface area contributed by atoms with E-state index >= 15 is 0 Å². The van der Waals surface area contributed by atoms with E-state index in [-0.39, 0.29) is 6.04 Å². The summed E-state index contributed by atoms with van der Waals surface area (Å²) in [5.74, 6) is -4.63. The van der Waals surface area contributed by atoms with Crippen molar-refractivity contribution in [1.82, 2.24) is 5.32 Å². The van der Waals surface area contributed by atoms with E-state index in [1.165, 1.54) is 0 Å². The van der Waals surface area contributed by atoms with E-state index in [4.69, 9.17) is 0 Å². The van der Waals surface area contributed by atoms with Crippen LogP contribution in [0, 0.1) is 5.41 Å². The molecule has 82 valence electrons. The molecule has 1 aliphatic rings. The summed E-state index contributed by atoms with van der Waals surface area (Å²) in [6.07, 6.45) is -0.187. The third-order valence-corrected chi connectivity index (χ3v) is 2.92. The second kappa shape index (κ2) is 3.15. The van der Waals surface area contributed by atoms with Crippen LogP contribution in [-0.4, -0.2) is 29.1 Å². The van der Waals surface area contributed by atoms with Gasteiger partial charge in [0.05, 0.1) is 6.10 Å². The van der Waals surface area contributed by atoms with Crippen LogP contribution < -0.4 is 5.32 Å². The van der Waals surface area contributed by atoms with Crippen LogP contribution in [0.5, 0.6) is 0 Å². The van der Waals surface area contributed by atoms with E-state index in [0.29, 0.717) is 13.3 Å². The maximum atomic E-state index is 12.5. The third kappa shape index (κ3) is 1.87. The molecule has 1 amide bonds. The topological polar surface area (TPSA) is 49.3 Å². The minimum Gasteiger partial charge on any atom is -0.392 e. The Balaban J connectivity index is 2.53. The highest BCUT2D eigenvalue weighted by Gasteiger charge is 2.49. The molecule has 1 rings (SSSR count). The molecule has 3 nitrogen and oxygen atoms in total. The predicted molar refractivity (Wildman–Crippen MR) is 47.0 cm³/mol. The maximum Gasteiger partial charge on any atom is 0.321 e. The van der Waals surface area contributed by atoms with Gasteiger partial charge in [-0.15, -0.1) is 0 Å². The smallest absolute Gasteiger partial charge is 0.321 e. The molecule has 0 bridgehead atoms. The van der Waals surface area contributed by atoms with Crippen LogP contribution in [0.1, 0.15) is 27.2 Å². The van der Waals surface area contributed by atoms with Crippen molar-refractivity contribution in [3.8, 4) is 0 Å². The molecule has 2 N–H and O–H groups in total. The molecule has 0 heterocycles. The monoisotopic (exact) mass is 207 g/mol. The summed E-state index contributed by atoms with van der Waals surface area (Å²) < 4.78 is 25.0. The van der Waals surface area contributed by atoms with Crippen LogP contribution in [0.15, 0.2) is 0 Å². The molecule has 0 aromatic rings. The number of amides is 1. The van der Waals surface area contributed by atoms with Crippen LogP contribution in [0.4, 0.5) is 8.78 Å². The minimum atomic E-state index is -3.35. The number of aliphatic hydroxyl groups is 1. The van der Waals surface area contributed by atoms with Crippen LogP contribution in [-0.2, 0) is 4.79 Å². The van der Waals surface area contributed by atoms with Crippen LogP contribution >= 0.6 is 0 Å². The lowest BCUT2D eigenvalue weighted by molar-refractivity contribution is -0.150. The van der Waals surface area contributed by atoms with E-state index < -0.39 is 23.3 Å². The zero-order valence-corrected chi connectivity index (χ0v) is 8.47. The van der Waals surface area contributed by atoms with Gasteiger partial charge in [-0.1, -0.05) is 13.8 Å². The quantitative estimate of drug-likeness (QED) is 0.707. The number of rotatable bonds is 2. The van der Waals surface area contributed by atoms with Gasteiger partial charge >= 0.3 is 5.92 Å². The van der Waals surface area contributed by atoms with Gasteiger partial charge in [-0.2, -0.15) is 8.78 Å². The van der Waals surface area contributed by atoms with Gasteiger partial charge in [-0.3, -0.25) is 4.79 Å². The fourth-order valence-corrected chi connectivity index (χ4v) is 1.43. The number of hydrogen-bond acceptors (Lipinski definition) is 2. The molecule has 2 atom stereocenters. The molecule has 1 fully saturated rings. The highest BCUT2D eigenvalue weighted by molar-refractivity contribution is 5.83. The maximum absolute atomic E-state index is 12.5. The number of nitrogens with one attached hydrogen (secondary N) is 1. The van der Waals surface area contributed by atoms with Crippen molar-refractivity contribution in [2.24, 2.45) is 5.41 Å². The lowest BCUT2D eigenvalue weighted by Crippen LogP contribution is -2.62. The summed E-state index contributed by atoms with van der Waals surface area (Å²) in [5, 5.41) is 11.6. The van der Waals surface area contributed by atoms with Gasteiger partial charge in [-0.25, -0.2) is 0 Å². The molecule has 0 aromatic carbocycles. The first-order valence-electron chi connectivity index (χ1n) is 4.52. The van der Waals surface area contributed by atoms with Gasteiger partial charge in [0.2, 0.25) is 0 Å². The molecule has 14 heavy (non-hydrogen) atoms. The fourth-order valence-electron chi connectivity index (χ4n) is 1.43. The lowest BCUT2D eigenvalue weighted by atomic mass is 9.64. The Kier molecular flexibility index (Phi) is 2.56. The van der Waals surface area contributed by atoms with Crippen molar-refractivity contribution in [2.45, 2.75) is 45.3 Å². The molecule has 0 spiro atoms. The largest absolute Gasteiger partial charge is 0.392 e.